The molecule has 1 heterocycles. The second-order valence-electron chi connectivity index (χ2n) is 4.51. The van der Waals surface area contributed by atoms with E-state index in [2.05, 4.69) is 10.3 Å². The molecule has 0 radical (unpaired) electrons. The predicted octanol–water partition coefficient (Wildman–Crippen LogP) is 2.73. The summed E-state index contributed by atoms with van der Waals surface area (Å²) >= 11 is 1.58. The van der Waals surface area contributed by atoms with Gasteiger partial charge in [-0.25, -0.2) is 4.98 Å². The number of aromatic nitrogens is 1. The van der Waals surface area contributed by atoms with E-state index in [0.717, 1.165) is 16.3 Å². The standard InChI is InChI=1S/C14H17N3OS/c1-10(9-15)7-13(18)17-12-4-2-3-11(8-12)14-16-5-6-19-14/h2-6,8,10H,7,9,15H2,1H3,(H,17,18). The number of amides is 1. The smallest absolute Gasteiger partial charge is 0.224 e. The molecule has 0 saturated carbocycles. The summed E-state index contributed by atoms with van der Waals surface area (Å²) in [6.07, 6.45) is 2.21. The van der Waals surface area contributed by atoms with Gasteiger partial charge in [-0.3, -0.25) is 4.79 Å². The SMILES string of the molecule is CC(CN)CC(=O)Nc1cccc(-c2nccs2)c1. The molecule has 0 saturated heterocycles. The summed E-state index contributed by atoms with van der Waals surface area (Å²) in [5, 5.41) is 5.78. The monoisotopic (exact) mass is 275 g/mol. The summed E-state index contributed by atoms with van der Waals surface area (Å²) in [7, 11) is 0. The number of anilines is 1. The van der Waals surface area contributed by atoms with Crippen molar-refractivity contribution in [2.24, 2.45) is 11.7 Å². The Morgan fingerprint density at radius 3 is 3.05 bits per heavy atom. The van der Waals surface area contributed by atoms with Gasteiger partial charge in [-0.15, -0.1) is 11.3 Å². The molecule has 0 aliphatic heterocycles. The Balaban J connectivity index is 2.05. The minimum atomic E-state index is -0.00533. The van der Waals surface area contributed by atoms with Crippen molar-refractivity contribution in [1.29, 1.82) is 0 Å². The molecule has 0 aliphatic carbocycles. The summed E-state index contributed by atoms with van der Waals surface area (Å²) in [6, 6.07) is 7.71. The fourth-order valence-corrected chi connectivity index (χ4v) is 2.34. The second kappa shape index (κ2) is 6.45. The first-order chi connectivity index (χ1) is 9.19. The van der Waals surface area contributed by atoms with Gasteiger partial charge in [0.05, 0.1) is 0 Å². The first-order valence-corrected chi connectivity index (χ1v) is 7.07. The van der Waals surface area contributed by atoms with Crippen molar-refractivity contribution in [1.82, 2.24) is 4.98 Å². The molecule has 3 N–H and O–H groups in total. The van der Waals surface area contributed by atoms with Gasteiger partial charge in [0, 0.05) is 29.2 Å². The lowest BCUT2D eigenvalue weighted by molar-refractivity contribution is -0.116. The van der Waals surface area contributed by atoms with Crippen molar-refractivity contribution in [2.75, 3.05) is 11.9 Å². The van der Waals surface area contributed by atoms with Gasteiger partial charge in [0.15, 0.2) is 0 Å². The van der Waals surface area contributed by atoms with Crippen LogP contribution in [0.25, 0.3) is 10.6 Å². The second-order valence-corrected chi connectivity index (χ2v) is 5.41. The third-order valence-electron chi connectivity index (χ3n) is 2.76. The minimum absolute atomic E-state index is 0.00533. The molecule has 1 aromatic heterocycles. The number of rotatable bonds is 5. The van der Waals surface area contributed by atoms with Gasteiger partial charge in [0.1, 0.15) is 5.01 Å². The zero-order chi connectivity index (χ0) is 13.7. The zero-order valence-electron chi connectivity index (χ0n) is 10.8. The number of carbonyl (C=O) groups excluding carboxylic acids is 1. The van der Waals surface area contributed by atoms with Crippen LogP contribution in [-0.2, 0) is 4.79 Å². The molecular formula is C14H17N3OS. The highest BCUT2D eigenvalue weighted by molar-refractivity contribution is 7.13. The summed E-state index contributed by atoms with van der Waals surface area (Å²) in [6.45, 7) is 2.48. The van der Waals surface area contributed by atoms with E-state index in [1.807, 2.05) is 36.6 Å². The van der Waals surface area contributed by atoms with Gasteiger partial charge in [-0.05, 0) is 24.6 Å². The molecular weight excluding hydrogens is 258 g/mol. The predicted molar refractivity (Wildman–Crippen MR) is 79.0 cm³/mol. The molecule has 4 nitrogen and oxygen atoms in total. The quantitative estimate of drug-likeness (QED) is 0.881. The van der Waals surface area contributed by atoms with Gasteiger partial charge in [-0.2, -0.15) is 0 Å². The largest absolute Gasteiger partial charge is 0.330 e. The van der Waals surface area contributed by atoms with Crippen LogP contribution in [0.4, 0.5) is 5.69 Å². The lowest BCUT2D eigenvalue weighted by atomic mass is 10.1. The average molecular weight is 275 g/mol. The highest BCUT2D eigenvalue weighted by Crippen LogP contribution is 2.24. The molecule has 0 fully saturated rings. The van der Waals surface area contributed by atoms with E-state index < -0.39 is 0 Å². The maximum atomic E-state index is 11.8. The number of thiazole rings is 1. The van der Waals surface area contributed by atoms with Crippen LogP contribution in [0.5, 0.6) is 0 Å². The van der Waals surface area contributed by atoms with Gasteiger partial charge in [0.2, 0.25) is 5.91 Å². The molecule has 100 valence electrons. The highest BCUT2D eigenvalue weighted by Gasteiger charge is 2.08. The summed E-state index contributed by atoms with van der Waals surface area (Å²) < 4.78 is 0. The van der Waals surface area contributed by atoms with Crippen molar-refractivity contribution in [3.8, 4) is 10.6 Å². The lowest BCUT2D eigenvalue weighted by Gasteiger charge is -2.09. The van der Waals surface area contributed by atoms with Crippen molar-refractivity contribution >= 4 is 22.9 Å². The Kier molecular flexibility index (Phi) is 4.65. The van der Waals surface area contributed by atoms with Gasteiger partial charge in [0.25, 0.3) is 0 Å². The first kappa shape index (κ1) is 13.7. The summed E-state index contributed by atoms with van der Waals surface area (Å²) in [5.74, 6) is 0.191. The van der Waals surface area contributed by atoms with E-state index in [1.165, 1.54) is 0 Å². The van der Waals surface area contributed by atoms with E-state index in [1.54, 1.807) is 17.5 Å². The molecule has 0 aliphatic rings. The molecule has 2 rings (SSSR count). The Morgan fingerprint density at radius 2 is 2.37 bits per heavy atom. The summed E-state index contributed by atoms with van der Waals surface area (Å²) in [5.41, 5.74) is 7.32. The van der Waals surface area contributed by atoms with Crippen LogP contribution in [0.1, 0.15) is 13.3 Å². The van der Waals surface area contributed by atoms with E-state index in [4.69, 9.17) is 5.73 Å². The van der Waals surface area contributed by atoms with Crippen molar-refractivity contribution in [3.63, 3.8) is 0 Å². The molecule has 19 heavy (non-hydrogen) atoms. The first-order valence-electron chi connectivity index (χ1n) is 6.19. The van der Waals surface area contributed by atoms with Gasteiger partial charge < -0.3 is 11.1 Å². The minimum Gasteiger partial charge on any atom is -0.330 e. The Morgan fingerprint density at radius 1 is 1.53 bits per heavy atom. The number of nitrogens with zero attached hydrogens (tertiary/aromatic N) is 1. The van der Waals surface area contributed by atoms with E-state index >= 15 is 0 Å². The fourth-order valence-electron chi connectivity index (χ4n) is 1.71. The number of hydrogen-bond acceptors (Lipinski definition) is 4. The van der Waals surface area contributed by atoms with E-state index in [-0.39, 0.29) is 11.8 Å². The Labute approximate surface area is 116 Å². The number of nitrogens with one attached hydrogen (secondary N) is 1. The topological polar surface area (TPSA) is 68.0 Å². The van der Waals surface area contributed by atoms with Crippen molar-refractivity contribution in [3.05, 3.63) is 35.8 Å². The fraction of sp³-hybridized carbons (Fsp3) is 0.286. The van der Waals surface area contributed by atoms with Crippen LogP contribution >= 0.6 is 11.3 Å². The molecule has 1 aromatic carbocycles. The Hall–Kier alpha value is -1.72. The maximum Gasteiger partial charge on any atom is 0.224 e. The molecule has 5 heteroatoms. The molecule has 1 unspecified atom stereocenters. The van der Waals surface area contributed by atoms with Crippen LogP contribution in [0.2, 0.25) is 0 Å². The summed E-state index contributed by atoms with van der Waals surface area (Å²) in [4.78, 5) is 16.1. The van der Waals surface area contributed by atoms with E-state index in [0.29, 0.717) is 13.0 Å². The van der Waals surface area contributed by atoms with Crippen LogP contribution in [0.3, 0.4) is 0 Å². The number of carbonyl (C=O) groups is 1. The maximum absolute atomic E-state index is 11.8. The lowest BCUT2D eigenvalue weighted by Crippen LogP contribution is -2.20. The van der Waals surface area contributed by atoms with E-state index in [9.17, 15) is 4.79 Å². The van der Waals surface area contributed by atoms with Gasteiger partial charge in [-0.1, -0.05) is 19.1 Å². The molecule has 0 spiro atoms. The normalized spacial score (nSPS) is 12.1. The van der Waals surface area contributed by atoms with Crippen LogP contribution in [-0.4, -0.2) is 17.4 Å². The highest BCUT2D eigenvalue weighted by atomic mass is 32.1. The number of benzene rings is 1. The number of nitrogens with two attached hydrogens (primary N) is 1. The zero-order valence-corrected chi connectivity index (χ0v) is 11.6. The van der Waals surface area contributed by atoms with Gasteiger partial charge >= 0.3 is 0 Å². The van der Waals surface area contributed by atoms with Crippen LogP contribution < -0.4 is 11.1 Å². The molecule has 0 bridgehead atoms. The van der Waals surface area contributed by atoms with Crippen molar-refractivity contribution < 1.29 is 4.79 Å². The third kappa shape index (κ3) is 3.87. The average Bonchev–Trinajstić information content (AvgIpc) is 2.92. The molecule has 1 atom stereocenters. The van der Waals surface area contributed by atoms with Crippen LogP contribution in [0, 0.1) is 5.92 Å². The molecule has 1 amide bonds. The van der Waals surface area contributed by atoms with Crippen molar-refractivity contribution in [2.45, 2.75) is 13.3 Å². The molecule has 2 aromatic rings. The third-order valence-corrected chi connectivity index (χ3v) is 3.58. The Bertz CT molecular complexity index is 539. The number of hydrogen-bond donors (Lipinski definition) is 2. The van der Waals surface area contributed by atoms with Crippen LogP contribution in [0.15, 0.2) is 35.8 Å².